The second-order valence-corrected chi connectivity index (χ2v) is 13.9. The van der Waals surface area contributed by atoms with Gasteiger partial charge >= 0.3 is 18.2 Å². The molecule has 2 aromatic rings. The average Bonchev–Trinajstić information content (AvgIpc) is 3.43. The van der Waals surface area contributed by atoms with Crippen LogP contribution in [0, 0.1) is 0 Å². The molecular formula is C33H42Cl2N6O10. The second-order valence-electron chi connectivity index (χ2n) is 13.1. The number of rotatable bonds is 10. The van der Waals surface area contributed by atoms with Gasteiger partial charge in [0.2, 0.25) is 17.7 Å². The number of guanidine groups is 1. The van der Waals surface area contributed by atoms with Crippen LogP contribution in [0.5, 0.6) is 11.6 Å². The van der Waals surface area contributed by atoms with Crippen molar-refractivity contribution in [3.8, 4) is 11.6 Å². The van der Waals surface area contributed by atoms with Crippen LogP contribution in [0.3, 0.4) is 0 Å². The van der Waals surface area contributed by atoms with E-state index in [2.05, 4.69) is 20.6 Å². The van der Waals surface area contributed by atoms with Crippen molar-refractivity contribution in [3.05, 3.63) is 45.6 Å². The van der Waals surface area contributed by atoms with E-state index in [1.54, 1.807) is 48.5 Å². The second kappa shape index (κ2) is 16.9. The van der Waals surface area contributed by atoms with E-state index in [0.29, 0.717) is 0 Å². The predicted molar refractivity (Wildman–Crippen MR) is 186 cm³/mol. The Morgan fingerprint density at radius 1 is 0.980 bits per heavy atom. The van der Waals surface area contributed by atoms with Gasteiger partial charge in [-0.3, -0.25) is 14.4 Å². The number of esters is 1. The van der Waals surface area contributed by atoms with Crippen molar-refractivity contribution < 1.29 is 48.0 Å². The Kier molecular flexibility index (Phi) is 13.5. The molecule has 0 radical (unpaired) electrons. The van der Waals surface area contributed by atoms with Crippen molar-refractivity contribution in [2.45, 2.75) is 72.1 Å². The smallest absolute Gasteiger partial charge is 0.417 e. The molecule has 0 saturated carbocycles. The minimum Gasteiger partial charge on any atom is -0.506 e. The molecule has 18 heteroatoms. The molecule has 3 N–H and O–H groups in total. The van der Waals surface area contributed by atoms with Crippen LogP contribution >= 0.6 is 23.2 Å². The van der Waals surface area contributed by atoms with Gasteiger partial charge in [0.1, 0.15) is 22.5 Å². The Morgan fingerprint density at radius 3 is 2.10 bits per heavy atom. The highest BCUT2D eigenvalue weighted by Crippen LogP contribution is 2.36. The van der Waals surface area contributed by atoms with Gasteiger partial charge in [-0.1, -0.05) is 23.2 Å². The van der Waals surface area contributed by atoms with Crippen LogP contribution in [-0.2, 0) is 23.8 Å². The number of halogens is 2. The lowest BCUT2D eigenvalue weighted by molar-refractivity contribution is -0.143. The third-order valence-corrected chi connectivity index (χ3v) is 7.12. The standard InChI is InChI=1S/C33H42Cl2N6O10/c1-9-49-25(43)15-23(20-12-18(34)13-22(35)26(20)44)39-24(42)17-36-27(45)21-14-19(16-37-28(21)48-8)38-29-40(30(46)50-32(2,3)4)10-11-41(29)31(47)51-33(5,6)7/h12-14,16,23,44H,9-11,15,17H2,1-8H3,(H,36,45)(H,39,42). The maximum absolute atomic E-state index is 13.4. The van der Waals surface area contributed by atoms with Gasteiger partial charge in [0.05, 0.1) is 62.7 Å². The summed E-state index contributed by atoms with van der Waals surface area (Å²) in [6.45, 7) is 11.4. The monoisotopic (exact) mass is 752 g/mol. The first kappa shape index (κ1) is 40.6. The summed E-state index contributed by atoms with van der Waals surface area (Å²) in [5.41, 5.74) is -1.72. The van der Waals surface area contributed by atoms with Crippen molar-refractivity contribution in [1.29, 1.82) is 0 Å². The topological polar surface area (TPSA) is 198 Å². The molecule has 3 rings (SSSR count). The van der Waals surface area contributed by atoms with E-state index in [-0.39, 0.29) is 64.8 Å². The van der Waals surface area contributed by atoms with Crippen molar-refractivity contribution in [2.75, 3.05) is 33.4 Å². The van der Waals surface area contributed by atoms with Gasteiger partial charge in [-0.2, -0.15) is 0 Å². The van der Waals surface area contributed by atoms with Crippen LogP contribution < -0.4 is 15.4 Å². The van der Waals surface area contributed by atoms with Crippen LogP contribution in [-0.4, -0.2) is 100 Å². The maximum Gasteiger partial charge on any atom is 0.417 e. The number of aromatic hydroxyl groups is 1. The van der Waals surface area contributed by atoms with E-state index in [1.165, 1.54) is 41.3 Å². The Morgan fingerprint density at radius 2 is 1.57 bits per heavy atom. The summed E-state index contributed by atoms with van der Waals surface area (Å²) >= 11 is 12.2. The molecule has 1 saturated heterocycles. The number of hydrogen-bond donors (Lipinski definition) is 3. The number of amides is 4. The molecule has 2 heterocycles. The van der Waals surface area contributed by atoms with Gasteiger partial charge in [-0.25, -0.2) is 29.4 Å². The summed E-state index contributed by atoms with van der Waals surface area (Å²) in [6.07, 6.45) is -0.630. The molecule has 1 aromatic carbocycles. The summed E-state index contributed by atoms with van der Waals surface area (Å²) in [4.78, 5) is 75.9. The number of carbonyl (C=O) groups excluding carboxylic acids is 5. The molecule has 0 aliphatic carbocycles. The summed E-state index contributed by atoms with van der Waals surface area (Å²) < 4.78 is 21.3. The zero-order valence-electron chi connectivity index (χ0n) is 29.6. The Bertz CT molecular complexity index is 1650. The van der Waals surface area contributed by atoms with Crippen LogP contribution in [0.1, 0.15) is 76.9 Å². The third kappa shape index (κ3) is 11.6. The average molecular weight is 754 g/mol. The van der Waals surface area contributed by atoms with Gasteiger partial charge in [-0.15, -0.1) is 0 Å². The highest BCUT2D eigenvalue weighted by Gasteiger charge is 2.39. The summed E-state index contributed by atoms with van der Waals surface area (Å²) in [5.74, 6) is -2.85. The zero-order valence-corrected chi connectivity index (χ0v) is 31.1. The number of ether oxygens (including phenoxy) is 4. The molecule has 278 valence electrons. The number of methoxy groups -OCH3 is 1. The molecule has 0 spiro atoms. The molecule has 0 bridgehead atoms. The fourth-order valence-electron chi connectivity index (χ4n) is 4.57. The predicted octanol–water partition coefficient (Wildman–Crippen LogP) is 5.12. The largest absolute Gasteiger partial charge is 0.506 e. The van der Waals surface area contributed by atoms with E-state index in [9.17, 15) is 29.1 Å². The Balaban J connectivity index is 1.88. The van der Waals surface area contributed by atoms with E-state index in [0.717, 1.165) is 0 Å². The number of carbonyl (C=O) groups is 5. The molecule has 4 amide bonds. The van der Waals surface area contributed by atoms with Crippen molar-refractivity contribution >= 4 is 64.8 Å². The Hall–Kier alpha value is -4.83. The van der Waals surface area contributed by atoms with Crippen molar-refractivity contribution in [2.24, 2.45) is 4.99 Å². The summed E-state index contributed by atoms with van der Waals surface area (Å²) in [5, 5.41) is 15.6. The number of aromatic nitrogens is 1. The highest BCUT2D eigenvalue weighted by molar-refractivity contribution is 6.35. The third-order valence-electron chi connectivity index (χ3n) is 6.62. The summed E-state index contributed by atoms with van der Waals surface area (Å²) in [7, 11) is 1.28. The fraction of sp³-hybridized carbons (Fsp3) is 0.485. The van der Waals surface area contributed by atoms with E-state index >= 15 is 0 Å². The number of phenolic OH excluding ortho intramolecular Hbond substituents is 1. The quantitative estimate of drug-likeness (QED) is 0.215. The molecular weight excluding hydrogens is 711 g/mol. The van der Waals surface area contributed by atoms with Crippen LogP contribution in [0.15, 0.2) is 29.4 Å². The minimum absolute atomic E-state index is 0.0484. The number of hydrogen-bond acceptors (Lipinski definition) is 12. The number of phenols is 1. The molecule has 1 atom stereocenters. The van der Waals surface area contributed by atoms with Crippen LogP contribution in [0.4, 0.5) is 15.3 Å². The molecule has 51 heavy (non-hydrogen) atoms. The first-order valence-corrected chi connectivity index (χ1v) is 16.5. The number of aliphatic imine (C=N–C) groups is 1. The first-order chi connectivity index (χ1) is 23.7. The number of pyridine rings is 1. The highest BCUT2D eigenvalue weighted by atomic mass is 35.5. The van der Waals surface area contributed by atoms with Gasteiger partial charge in [0.25, 0.3) is 5.91 Å². The molecule has 1 unspecified atom stereocenters. The van der Waals surface area contributed by atoms with Crippen molar-refractivity contribution in [3.63, 3.8) is 0 Å². The normalized spacial score (nSPS) is 13.6. The van der Waals surface area contributed by atoms with Gasteiger partial charge < -0.3 is 34.7 Å². The van der Waals surface area contributed by atoms with Crippen molar-refractivity contribution in [1.82, 2.24) is 25.4 Å². The fourth-order valence-corrected chi connectivity index (χ4v) is 5.08. The van der Waals surface area contributed by atoms with Gasteiger partial charge in [0, 0.05) is 10.6 Å². The van der Waals surface area contributed by atoms with Gasteiger partial charge in [-0.05, 0) is 66.7 Å². The molecule has 1 aliphatic rings. The van der Waals surface area contributed by atoms with E-state index in [1.807, 2.05) is 0 Å². The SMILES string of the molecule is CCOC(=O)CC(NC(=O)CNC(=O)c1cc(N=C2N(C(=O)OC(C)(C)C)CCN2C(=O)OC(C)(C)C)cnc1OC)c1cc(Cl)cc(Cl)c1O. The van der Waals surface area contributed by atoms with Crippen LogP contribution in [0.25, 0.3) is 0 Å². The zero-order chi connectivity index (χ0) is 38.3. The van der Waals surface area contributed by atoms with Gasteiger partial charge in [0.15, 0.2) is 0 Å². The number of nitrogens with zero attached hydrogens (tertiary/aromatic N) is 4. The lowest BCUT2D eigenvalue weighted by Crippen LogP contribution is -2.44. The van der Waals surface area contributed by atoms with Crippen LogP contribution in [0.2, 0.25) is 10.0 Å². The maximum atomic E-state index is 13.4. The van der Waals surface area contributed by atoms with E-state index in [4.69, 9.17) is 42.1 Å². The summed E-state index contributed by atoms with van der Waals surface area (Å²) in [6, 6.07) is 2.81. The van der Waals surface area contributed by atoms with E-state index < -0.39 is 59.5 Å². The lowest BCUT2D eigenvalue weighted by atomic mass is 10.0. The molecule has 1 aliphatic heterocycles. The lowest BCUT2D eigenvalue weighted by Gasteiger charge is -2.27. The number of benzene rings is 1. The first-order valence-electron chi connectivity index (χ1n) is 15.8. The Labute approximate surface area is 305 Å². The number of nitrogens with one attached hydrogen (secondary N) is 2. The minimum atomic E-state index is -1.12. The molecule has 1 fully saturated rings. The molecule has 1 aromatic heterocycles. The molecule has 16 nitrogen and oxygen atoms in total.